The molecule has 1 saturated carbocycles. The van der Waals surface area contributed by atoms with Crippen molar-refractivity contribution < 1.29 is 27.6 Å². The van der Waals surface area contributed by atoms with E-state index in [4.69, 9.17) is 0 Å². The Balaban J connectivity index is 1.78. The number of carbonyl (C=O) groups excluding carboxylic acids is 3. The Hall–Kier alpha value is -2.58. The summed E-state index contributed by atoms with van der Waals surface area (Å²) in [5.74, 6) is -1.54. The molecule has 1 aliphatic heterocycles. The number of benzene rings is 1. The number of imide groups is 1. The smallest absolute Gasteiger partial charge is 0.329 e. The Labute approximate surface area is 167 Å². The van der Waals surface area contributed by atoms with Crippen LogP contribution in [0.5, 0.6) is 0 Å². The van der Waals surface area contributed by atoms with Gasteiger partial charge in [0.05, 0.1) is 0 Å². The number of amides is 4. The van der Waals surface area contributed by atoms with Crippen LogP contribution in [0.2, 0.25) is 0 Å². The van der Waals surface area contributed by atoms with Gasteiger partial charge in [0.2, 0.25) is 5.91 Å². The Morgan fingerprint density at radius 3 is 2.38 bits per heavy atom. The van der Waals surface area contributed by atoms with Crippen molar-refractivity contribution in [3.05, 3.63) is 35.4 Å². The molecule has 0 unspecified atom stereocenters. The molecule has 1 heterocycles. The number of aryl methyl sites for hydroxylation is 1. The highest BCUT2D eigenvalue weighted by Crippen LogP contribution is 2.36. The molecule has 1 aliphatic carbocycles. The van der Waals surface area contributed by atoms with Gasteiger partial charge in [0.25, 0.3) is 5.91 Å². The average molecular weight is 411 g/mol. The number of hydrogen-bond donors (Lipinski definition) is 1. The van der Waals surface area contributed by atoms with E-state index in [2.05, 4.69) is 5.32 Å². The standard InChI is InChI=1S/C20H24F3N3O3/c1-12-4-8-15(9-5-12)19(3)17(28)25(18(29)24-19)10-16(27)26(11-20(21,22)23)13(2)14-6-7-14/h4-5,8-9,13-14H,6-7,10-11H2,1-3H3,(H,24,29)/t13-,19+/m1/s1. The van der Waals surface area contributed by atoms with Crippen LogP contribution < -0.4 is 5.32 Å². The Morgan fingerprint density at radius 2 is 1.86 bits per heavy atom. The molecule has 2 fully saturated rings. The molecule has 4 amide bonds. The molecule has 1 N–H and O–H groups in total. The van der Waals surface area contributed by atoms with E-state index in [0.29, 0.717) is 10.5 Å². The minimum atomic E-state index is -4.56. The maximum atomic E-state index is 13.0. The predicted octanol–water partition coefficient (Wildman–Crippen LogP) is 2.95. The van der Waals surface area contributed by atoms with Crippen LogP contribution in [0.15, 0.2) is 24.3 Å². The van der Waals surface area contributed by atoms with Gasteiger partial charge in [-0.1, -0.05) is 29.8 Å². The number of urea groups is 1. The summed E-state index contributed by atoms with van der Waals surface area (Å²) >= 11 is 0. The summed E-state index contributed by atoms with van der Waals surface area (Å²) in [5, 5.41) is 2.57. The predicted molar refractivity (Wildman–Crippen MR) is 98.7 cm³/mol. The summed E-state index contributed by atoms with van der Waals surface area (Å²) in [6, 6.07) is 5.58. The third-order valence-corrected chi connectivity index (χ3v) is 5.66. The van der Waals surface area contributed by atoms with Crippen molar-refractivity contribution in [2.75, 3.05) is 13.1 Å². The number of hydrogen-bond acceptors (Lipinski definition) is 3. The normalized spacial score (nSPS) is 23.2. The quantitative estimate of drug-likeness (QED) is 0.732. The number of nitrogens with zero attached hydrogens (tertiary/aromatic N) is 2. The first-order valence-electron chi connectivity index (χ1n) is 9.50. The molecular weight excluding hydrogens is 387 g/mol. The molecule has 0 bridgehead atoms. The lowest BCUT2D eigenvalue weighted by molar-refractivity contribution is -0.166. The van der Waals surface area contributed by atoms with E-state index in [1.807, 2.05) is 6.92 Å². The molecule has 2 atom stereocenters. The van der Waals surface area contributed by atoms with Gasteiger partial charge in [-0.2, -0.15) is 13.2 Å². The van der Waals surface area contributed by atoms with Crippen LogP contribution in [0.3, 0.4) is 0 Å². The van der Waals surface area contributed by atoms with Gasteiger partial charge in [-0.15, -0.1) is 0 Å². The van der Waals surface area contributed by atoms with Gasteiger partial charge in [0.1, 0.15) is 18.6 Å². The Bertz CT molecular complexity index is 821. The molecule has 158 valence electrons. The fourth-order valence-electron chi connectivity index (χ4n) is 3.63. The van der Waals surface area contributed by atoms with E-state index in [1.165, 1.54) is 6.92 Å². The molecule has 1 saturated heterocycles. The van der Waals surface area contributed by atoms with Crippen molar-refractivity contribution in [1.82, 2.24) is 15.1 Å². The fraction of sp³-hybridized carbons (Fsp3) is 0.550. The third kappa shape index (κ3) is 4.38. The minimum absolute atomic E-state index is 0.0160. The largest absolute Gasteiger partial charge is 0.406 e. The molecule has 29 heavy (non-hydrogen) atoms. The van der Waals surface area contributed by atoms with Crippen molar-refractivity contribution in [3.8, 4) is 0 Å². The maximum absolute atomic E-state index is 13.0. The van der Waals surface area contributed by atoms with Crippen LogP contribution in [-0.2, 0) is 15.1 Å². The average Bonchev–Trinajstić information content (AvgIpc) is 3.44. The summed E-state index contributed by atoms with van der Waals surface area (Å²) in [7, 11) is 0. The number of alkyl halides is 3. The summed E-state index contributed by atoms with van der Waals surface area (Å²) in [6.07, 6.45) is -3.04. The maximum Gasteiger partial charge on any atom is 0.406 e. The van der Waals surface area contributed by atoms with Gasteiger partial charge in [0, 0.05) is 6.04 Å². The molecule has 6 nitrogen and oxygen atoms in total. The zero-order chi connectivity index (χ0) is 21.6. The van der Waals surface area contributed by atoms with Crippen molar-refractivity contribution in [2.45, 2.75) is 51.4 Å². The lowest BCUT2D eigenvalue weighted by Gasteiger charge is -2.31. The topological polar surface area (TPSA) is 69.7 Å². The first-order chi connectivity index (χ1) is 13.4. The van der Waals surface area contributed by atoms with Crippen LogP contribution in [0.4, 0.5) is 18.0 Å². The first kappa shape index (κ1) is 21.1. The lowest BCUT2D eigenvalue weighted by Crippen LogP contribution is -2.50. The molecule has 1 aromatic carbocycles. The minimum Gasteiger partial charge on any atom is -0.329 e. The number of nitrogens with one attached hydrogen (secondary N) is 1. The summed E-state index contributed by atoms with van der Waals surface area (Å²) in [4.78, 5) is 39.5. The zero-order valence-electron chi connectivity index (χ0n) is 16.5. The molecular formula is C20H24F3N3O3. The van der Waals surface area contributed by atoms with Crippen molar-refractivity contribution in [2.24, 2.45) is 5.92 Å². The Morgan fingerprint density at radius 1 is 1.28 bits per heavy atom. The second kappa shape index (κ2) is 7.35. The number of rotatable bonds is 6. The fourth-order valence-corrected chi connectivity index (χ4v) is 3.63. The van der Waals surface area contributed by atoms with Crippen molar-refractivity contribution in [1.29, 1.82) is 0 Å². The first-order valence-corrected chi connectivity index (χ1v) is 9.50. The SMILES string of the molecule is Cc1ccc([C@]2(C)NC(=O)N(CC(=O)N(CC(F)(F)F)[C@H](C)C3CC3)C2=O)cc1. The van der Waals surface area contributed by atoms with Crippen LogP contribution in [0.25, 0.3) is 0 Å². The van der Waals surface area contributed by atoms with E-state index >= 15 is 0 Å². The van der Waals surface area contributed by atoms with Gasteiger partial charge in [-0.05, 0) is 45.1 Å². The highest BCUT2D eigenvalue weighted by Gasteiger charge is 2.50. The molecule has 0 aromatic heterocycles. The molecule has 9 heteroatoms. The second-order valence-corrected chi connectivity index (χ2v) is 8.03. The summed E-state index contributed by atoms with van der Waals surface area (Å²) in [6.45, 7) is 2.84. The monoisotopic (exact) mass is 411 g/mol. The summed E-state index contributed by atoms with van der Waals surface area (Å²) in [5.41, 5.74) is 0.134. The van der Waals surface area contributed by atoms with Gasteiger partial charge >= 0.3 is 12.2 Å². The van der Waals surface area contributed by atoms with Crippen molar-refractivity contribution in [3.63, 3.8) is 0 Å². The second-order valence-electron chi connectivity index (χ2n) is 8.03. The number of halogens is 3. The molecule has 1 aromatic rings. The van der Waals surface area contributed by atoms with E-state index in [9.17, 15) is 27.6 Å². The van der Waals surface area contributed by atoms with Crippen LogP contribution in [0.1, 0.15) is 37.8 Å². The van der Waals surface area contributed by atoms with E-state index < -0.39 is 48.7 Å². The van der Waals surface area contributed by atoms with Gasteiger partial charge in [0.15, 0.2) is 0 Å². The van der Waals surface area contributed by atoms with Gasteiger partial charge in [-0.25, -0.2) is 4.79 Å². The number of carbonyl (C=O) groups is 3. The molecule has 0 spiro atoms. The highest BCUT2D eigenvalue weighted by atomic mass is 19.4. The van der Waals surface area contributed by atoms with Crippen LogP contribution >= 0.6 is 0 Å². The lowest BCUT2D eigenvalue weighted by atomic mass is 9.91. The van der Waals surface area contributed by atoms with Crippen LogP contribution in [0, 0.1) is 12.8 Å². The van der Waals surface area contributed by atoms with Gasteiger partial charge < -0.3 is 10.2 Å². The van der Waals surface area contributed by atoms with E-state index in [-0.39, 0.29) is 5.92 Å². The molecule has 2 aliphatic rings. The van der Waals surface area contributed by atoms with Gasteiger partial charge in [-0.3, -0.25) is 14.5 Å². The zero-order valence-corrected chi connectivity index (χ0v) is 16.5. The molecule has 0 radical (unpaired) electrons. The molecule has 3 rings (SSSR count). The van der Waals surface area contributed by atoms with Crippen molar-refractivity contribution >= 4 is 17.8 Å². The highest BCUT2D eigenvalue weighted by molar-refractivity contribution is 6.09. The van der Waals surface area contributed by atoms with Crippen LogP contribution in [-0.4, -0.2) is 53.0 Å². The summed E-state index contributed by atoms with van der Waals surface area (Å²) < 4.78 is 39.0. The Kier molecular flexibility index (Phi) is 5.36. The van der Waals surface area contributed by atoms with E-state index in [0.717, 1.165) is 23.3 Å². The van der Waals surface area contributed by atoms with E-state index in [1.54, 1.807) is 31.2 Å². The third-order valence-electron chi connectivity index (χ3n) is 5.66.